The topological polar surface area (TPSA) is 92.2 Å². The van der Waals surface area contributed by atoms with Crippen molar-refractivity contribution in [3.05, 3.63) is 102 Å². The van der Waals surface area contributed by atoms with Crippen LogP contribution in [0.1, 0.15) is 31.1 Å². The van der Waals surface area contributed by atoms with Crippen molar-refractivity contribution in [2.75, 3.05) is 5.32 Å². The number of carbonyl (C=O) groups is 3. The van der Waals surface area contributed by atoms with Gasteiger partial charge in [-0.3, -0.25) is 25.2 Å². The van der Waals surface area contributed by atoms with E-state index in [9.17, 15) is 14.4 Å². The predicted molar refractivity (Wildman–Crippen MR) is 119 cm³/mol. The zero-order valence-corrected chi connectivity index (χ0v) is 16.8. The number of amides is 3. The SMILES string of the molecule is Cn1cc(C(=O)NNC(=O)c2ccc(NC(=O)c3ccccc3)cc2)c2ccccc21. The molecule has 3 amide bonds. The maximum Gasteiger partial charge on any atom is 0.271 e. The third-order valence-electron chi connectivity index (χ3n) is 4.87. The Morgan fingerprint density at radius 2 is 1.29 bits per heavy atom. The summed E-state index contributed by atoms with van der Waals surface area (Å²) in [5, 5.41) is 3.57. The van der Waals surface area contributed by atoms with Crippen LogP contribution < -0.4 is 16.2 Å². The van der Waals surface area contributed by atoms with Crippen molar-refractivity contribution in [1.29, 1.82) is 0 Å². The molecule has 0 saturated heterocycles. The summed E-state index contributed by atoms with van der Waals surface area (Å²) < 4.78 is 1.86. The molecule has 7 nitrogen and oxygen atoms in total. The van der Waals surface area contributed by atoms with Gasteiger partial charge >= 0.3 is 0 Å². The normalized spacial score (nSPS) is 10.5. The van der Waals surface area contributed by atoms with Crippen LogP contribution >= 0.6 is 0 Å². The van der Waals surface area contributed by atoms with Crippen LogP contribution in [-0.4, -0.2) is 22.3 Å². The summed E-state index contributed by atoms with van der Waals surface area (Å²) >= 11 is 0. The number of carbonyl (C=O) groups excluding carboxylic acids is 3. The lowest BCUT2D eigenvalue weighted by Gasteiger charge is -2.08. The molecule has 0 atom stereocenters. The zero-order chi connectivity index (χ0) is 21.8. The van der Waals surface area contributed by atoms with E-state index in [4.69, 9.17) is 0 Å². The summed E-state index contributed by atoms with van der Waals surface area (Å²) in [7, 11) is 1.86. The smallest absolute Gasteiger partial charge is 0.271 e. The molecule has 154 valence electrons. The van der Waals surface area contributed by atoms with E-state index in [1.54, 1.807) is 54.7 Å². The Hall–Kier alpha value is -4.39. The van der Waals surface area contributed by atoms with E-state index in [2.05, 4.69) is 16.2 Å². The maximum atomic E-state index is 12.5. The average molecular weight is 412 g/mol. The van der Waals surface area contributed by atoms with Crippen molar-refractivity contribution in [1.82, 2.24) is 15.4 Å². The van der Waals surface area contributed by atoms with Gasteiger partial charge in [-0.05, 0) is 42.5 Å². The van der Waals surface area contributed by atoms with Gasteiger partial charge in [-0.15, -0.1) is 0 Å². The lowest BCUT2D eigenvalue weighted by atomic mass is 10.1. The monoisotopic (exact) mass is 412 g/mol. The van der Waals surface area contributed by atoms with Gasteiger partial charge in [0.2, 0.25) is 0 Å². The molecule has 1 aromatic heterocycles. The maximum absolute atomic E-state index is 12.5. The van der Waals surface area contributed by atoms with Crippen LogP contribution in [0.3, 0.4) is 0 Å². The van der Waals surface area contributed by atoms with Crippen molar-refractivity contribution < 1.29 is 14.4 Å². The third-order valence-corrected chi connectivity index (χ3v) is 4.87. The van der Waals surface area contributed by atoms with E-state index >= 15 is 0 Å². The van der Waals surface area contributed by atoms with Gasteiger partial charge in [-0.25, -0.2) is 0 Å². The van der Waals surface area contributed by atoms with Gasteiger partial charge in [0, 0.05) is 41.0 Å². The molecule has 0 bridgehead atoms. The van der Waals surface area contributed by atoms with Gasteiger partial charge < -0.3 is 9.88 Å². The number of hydrogen-bond acceptors (Lipinski definition) is 3. The van der Waals surface area contributed by atoms with Crippen molar-refractivity contribution in [2.45, 2.75) is 0 Å². The van der Waals surface area contributed by atoms with E-state index in [0.29, 0.717) is 22.4 Å². The molecular formula is C24H20N4O3. The molecule has 0 unspecified atom stereocenters. The molecule has 0 aliphatic heterocycles. The highest BCUT2D eigenvalue weighted by Crippen LogP contribution is 2.20. The lowest BCUT2D eigenvalue weighted by Crippen LogP contribution is -2.41. The first kappa shape index (κ1) is 19.9. The minimum Gasteiger partial charge on any atom is -0.350 e. The van der Waals surface area contributed by atoms with Crippen LogP contribution in [0.4, 0.5) is 5.69 Å². The molecule has 3 N–H and O–H groups in total. The van der Waals surface area contributed by atoms with Crippen LogP contribution in [0.15, 0.2) is 85.1 Å². The molecule has 4 aromatic rings. The second-order valence-corrected chi connectivity index (χ2v) is 6.98. The van der Waals surface area contributed by atoms with Gasteiger partial charge in [0.05, 0.1) is 5.56 Å². The second kappa shape index (κ2) is 8.54. The first-order valence-corrected chi connectivity index (χ1v) is 9.64. The van der Waals surface area contributed by atoms with Crippen LogP contribution in [-0.2, 0) is 7.05 Å². The van der Waals surface area contributed by atoms with E-state index in [1.807, 2.05) is 41.9 Å². The van der Waals surface area contributed by atoms with E-state index < -0.39 is 11.8 Å². The van der Waals surface area contributed by atoms with Gasteiger partial charge in [-0.1, -0.05) is 36.4 Å². The Morgan fingerprint density at radius 3 is 2.03 bits per heavy atom. The number of hydrazine groups is 1. The van der Waals surface area contributed by atoms with Crippen molar-refractivity contribution >= 4 is 34.3 Å². The first-order valence-electron chi connectivity index (χ1n) is 9.64. The number of hydrogen-bond donors (Lipinski definition) is 3. The third kappa shape index (κ3) is 4.30. The lowest BCUT2D eigenvalue weighted by molar-refractivity contribution is 0.0847. The van der Waals surface area contributed by atoms with Crippen LogP contribution in [0.2, 0.25) is 0 Å². The molecule has 0 saturated carbocycles. The van der Waals surface area contributed by atoms with Crippen LogP contribution in [0, 0.1) is 0 Å². The molecular weight excluding hydrogens is 392 g/mol. The van der Waals surface area contributed by atoms with Crippen LogP contribution in [0.25, 0.3) is 10.9 Å². The average Bonchev–Trinajstić information content (AvgIpc) is 3.15. The highest BCUT2D eigenvalue weighted by atomic mass is 16.2. The Morgan fingerprint density at radius 1 is 0.677 bits per heavy atom. The summed E-state index contributed by atoms with van der Waals surface area (Å²) in [4.78, 5) is 37.1. The fourth-order valence-corrected chi connectivity index (χ4v) is 3.27. The Balaban J connectivity index is 1.37. The summed E-state index contributed by atoms with van der Waals surface area (Å²) in [6.45, 7) is 0. The van der Waals surface area contributed by atoms with Crippen molar-refractivity contribution in [3.63, 3.8) is 0 Å². The van der Waals surface area contributed by atoms with E-state index in [-0.39, 0.29) is 5.91 Å². The van der Waals surface area contributed by atoms with Gasteiger partial charge in [-0.2, -0.15) is 0 Å². The molecule has 7 heteroatoms. The van der Waals surface area contributed by atoms with Crippen molar-refractivity contribution in [3.8, 4) is 0 Å². The molecule has 0 radical (unpaired) electrons. The van der Waals surface area contributed by atoms with Gasteiger partial charge in [0.15, 0.2) is 0 Å². The minimum absolute atomic E-state index is 0.236. The number of benzene rings is 3. The minimum atomic E-state index is -0.463. The predicted octanol–water partition coefficient (Wildman–Crippen LogP) is 3.51. The highest BCUT2D eigenvalue weighted by Gasteiger charge is 2.15. The Labute approximate surface area is 178 Å². The number of aryl methyl sites for hydroxylation is 1. The van der Waals surface area contributed by atoms with Gasteiger partial charge in [0.1, 0.15) is 0 Å². The quantitative estimate of drug-likeness (QED) is 0.448. The second-order valence-electron chi connectivity index (χ2n) is 6.98. The van der Waals surface area contributed by atoms with Crippen molar-refractivity contribution in [2.24, 2.45) is 7.05 Å². The van der Waals surface area contributed by atoms with Crippen LogP contribution in [0.5, 0.6) is 0 Å². The highest BCUT2D eigenvalue weighted by molar-refractivity contribution is 6.08. The number of para-hydroxylation sites is 1. The standard InChI is InChI=1S/C24H20N4O3/c1-28-15-20(19-9-5-6-10-21(19)28)24(31)27-26-23(30)17-11-13-18(14-12-17)25-22(29)16-7-3-2-4-8-16/h2-15H,1H3,(H,25,29)(H,26,30)(H,27,31). The largest absolute Gasteiger partial charge is 0.350 e. The number of rotatable bonds is 4. The van der Waals surface area contributed by atoms with Gasteiger partial charge in [0.25, 0.3) is 17.7 Å². The Kier molecular flexibility index (Phi) is 5.49. The molecule has 0 aliphatic carbocycles. The summed E-state index contributed by atoms with van der Waals surface area (Å²) in [6, 6.07) is 22.8. The fourth-order valence-electron chi connectivity index (χ4n) is 3.27. The first-order chi connectivity index (χ1) is 15.0. The Bertz CT molecular complexity index is 1260. The molecule has 0 spiro atoms. The number of aromatic nitrogens is 1. The summed E-state index contributed by atoms with van der Waals surface area (Å²) in [5.74, 6) is -1.11. The number of fused-ring (bicyclic) bond motifs is 1. The summed E-state index contributed by atoms with van der Waals surface area (Å²) in [6.07, 6.45) is 1.72. The fraction of sp³-hybridized carbons (Fsp3) is 0.0417. The van der Waals surface area contributed by atoms with E-state index in [0.717, 1.165) is 10.9 Å². The van der Waals surface area contributed by atoms with E-state index in [1.165, 1.54) is 0 Å². The molecule has 31 heavy (non-hydrogen) atoms. The summed E-state index contributed by atoms with van der Waals surface area (Å²) in [5.41, 5.74) is 7.71. The molecule has 0 fully saturated rings. The number of nitrogens with one attached hydrogen (secondary N) is 3. The molecule has 1 heterocycles. The number of anilines is 1. The molecule has 3 aromatic carbocycles. The molecule has 0 aliphatic rings. The zero-order valence-electron chi connectivity index (χ0n) is 16.8. The molecule has 4 rings (SSSR count). The number of nitrogens with zero attached hydrogens (tertiary/aromatic N) is 1.